The molecule has 0 atom stereocenters. The van der Waals surface area contributed by atoms with E-state index in [-0.39, 0.29) is 0 Å². The minimum absolute atomic E-state index is 0.725. The van der Waals surface area contributed by atoms with E-state index in [1.165, 1.54) is 25.7 Å². The summed E-state index contributed by atoms with van der Waals surface area (Å²) in [6.07, 6.45) is 10.9. The SMILES string of the molecule is C#CCCOCCCCCC. The van der Waals surface area contributed by atoms with E-state index in [2.05, 4.69) is 12.8 Å². The molecule has 0 fully saturated rings. The van der Waals surface area contributed by atoms with E-state index in [9.17, 15) is 0 Å². The molecule has 0 aliphatic heterocycles. The van der Waals surface area contributed by atoms with Gasteiger partial charge in [-0.2, -0.15) is 0 Å². The highest BCUT2D eigenvalue weighted by atomic mass is 16.5. The predicted octanol–water partition coefficient (Wildman–Crippen LogP) is 2.61. The molecule has 11 heavy (non-hydrogen) atoms. The summed E-state index contributed by atoms with van der Waals surface area (Å²) in [4.78, 5) is 0. The Hall–Kier alpha value is -0.480. The summed E-state index contributed by atoms with van der Waals surface area (Å²) < 4.78 is 5.28. The van der Waals surface area contributed by atoms with Crippen LogP contribution in [0.2, 0.25) is 0 Å². The lowest BCUT2D eigenvalue weighted by Gasteiger charge is -2.00. The molecule has 0 saturated heterocycles. The van der Waals surface area contributed by atoms with Crippen molar-refractivity contribution in [2.45, 2.75) is 39.0 Å². The average molecular weight is 154 g/mol. The zero-order chi connectivity index (χ0) is 8.36. The third-order valence-corrected chi connectivity index (χ3v) is 1.53. The first kappa shape index (κ1) is 10.5. The Morgan fingerprint density at radius 2 is 2.00 bits per heavy atom. The van der Waals surface area contributed by atoms with Crippen molar-refractivity contribution in [3.8, 4) is 12.3 Å². The maximum Gasteiger partial charge on any atom is 0.0575 e. The first-order valence-corrected chi connectivity index (χ1v) is 4.43. The summed E-state index contributed by atoms with van der Waals surface area (Å²) in [6, 6.07) is 0. The zero-order valence-electron chi connectivity index (χ0n) is 7.44. The van der Waals surface area contributed by atoms with Crippen LogP contribution < -0.4 is 0 Å². The van der Waals surface area contributed by atoms with E-state index >= 15 is 0 Å². The summed E-state index contributed by atoms with van der Waals surface area (Å²) in [5.74, 6) is 2.54. The van der Waals surface area contributed by atoms with Crippen molar-refractivity contribution in [2.24, 2.45) is 0 Å². The van der Waals surface area contributed by atoms with Gasteiger partial charge in [-0.3, -0.25) is 0 Å². The molecular formula is C10H18O. The Morgan fingerprint density at radius 3 is 2.64 bits per heavy atom. The molecule has 64 valence electrons. The molecule has 0 radical (unpaired) electrons. The van der Waals surface area contributed by atoms with Crippen LogP contribution in [0.5, 0.6) is 0 Å². The minimum Gasteiger partial charge on any atom is -0.380 e. The highest BCUT2D eigenvalue weighted by Crippen LogP contribution is 1.98. The first-order chi connectivity index (χ1) is 5.41. The number of unbranched alkanes of at least 4 members (excludes halogenated alkanes) is 3. The highest BCUT2D eigenvalue weighted by molar-refractivity contribution is 4.82. The Balaban J connectivity index is 2.75. The van der Waals surface area contributed by atoms with Gasteiger partial charge in [0.15, 0.2) is 0 Å². The molecule has 0 unspecified atom stereocenters. The van der Waals surface area contributed by atoms with Crippen LogP contribution in [-0.4, -0.2) is 13.2 Å². The molecule has 0 saturated carbocycles. The van der Waals surface area contributed by atoms with Crippen LogP contribution in [0.25, 0.3) is 0 Å². The molecule has 0 aliphatic carbocycles. The number of ether oxygens (including phenoxy) is 1. The van der Waals surface area contributed by atoms with Gasteiger partial charge in [-0.15, -0.1) is 12.3 Å². The van der Waals surface area contributed by atoms with Gasteiger partial charge in [0.1, 0.15) is 0 Å². The number of hydrogen-bond donors (Lipinski definition) is 0. The largest absolute Gasteiger partial charge is 0.380 e. The molecule has 1 heteroatoms. The molecular weight excluding hydrogens is 136 g/mol. The van der Waals surface area contributed by atoms with Crippen molar-refractivity contribution in [1.29, 1.82) is 0 Å². The normalized spacial score (nSPS) is 9.45. The second kappa shape index (κ2) is 9.52. The van der Waals surface area contributed by atoms with E-state index in [1.807, 2.05) is 0 Å². The summed E-state index contributed by atoms with van der Waals surface area (Å²) in [6.45, 7) is 3.81. The number of hydrogen-bond acceptors (Lipinski definition) is 1. The quantitative estimate of drug-likeness (QED) is 0.404. The van der Waals surface area contributed by atoms with Crippen LogP contribution in [0.15, 0.2) is 0 Å². The summed E-state index contributed by atoms with van der Waals surface area (Å²) in [5, 5.41) is 0. The molecule has 0 aromatic rings. The third kappa shape index (κ3) is 9.52. The fourth-order valence-corrected chi connectivity index (χ4v) is 0.864. The van der Waals surface area contributed by atoms with Crippen molar-refractivity contribution in [1.82, 2.24) is 0 Å². The van der Waals surface area contributed by atoms with Crippen molar-refractivity contribution in [3.63, 3.8) is 0 Å². The molecule has 0 N–H and O–H groups in total. The van der Waals surface area contributed by atoms with E-state index in [0.29, 0.717) is 0 Å². The van der Waals surface area contributed by atoms with Gasteiger partial charge in [0.2, 0.25) is 0 Å². The average Bonchev–Trinajstić information content (AvgIpc) is 2.03. The van der Waals surface area contributed by atoms with Crippen LogP contribution in [0.1, 0.15) is 39.0 Å². The Morgan fingerprint density at radius 1 is 1.18 bits per heavy atom. The first-order valence-electron chi connectivity index (χ1n) is 4.43. The van der Waals surface area contributed by atoms with Gasteiger partial charge >= 0.3 is 0 Å². The number of rotatable bonds is 7. The van der Waals surface area contributed by atoms with E-state index in [0.717, 1.165) is 19.6 Å². The van der Waals surface area contributed by atoms with Crippen LogP contribution in [0.3, 0.4) is 0 Å². The fourth-order valence-electron chi connectivity index (χ4n) is 0.864. The van der Waals surface area contributed by atoms with Crippen molar-refractivity contribution < 1.29 is 4.74 Å². The lowest BCUT2D eigenvalue weighted by atomic mass is 10.2. The molecule has 0 aromatic carbocycles. The molecule has 1 nitrogen and oxygen atoms in total. The second-order valence-corrected chi connectivity index (χ2v) is 2.63. The van der Waals surface area contributed by atoms with Gasteiger partial charge in [0.05, 0.1) is 6.61 Å². The summed E-state index contributed by atoms with van der Waals surface area (Å²) in [5.41, 5.74) is 0. The Bertz CT molecular complexity index is 102. The topological polar surface area (TPSA) is 9.23 Å². The lowest BCUT2D eigenvalue weighted by Crippen LogP contribution is -1.95. The van der Waals surface area contributed by atoms with Crippen LogP contribution in [-0.2, 0) is 4.74 Å². The Labute approximate surface area is 70.1 Å². The predicted molar refractivity (Wildman–Crippen MR) is 48.4 cm³/mol. The smallest absolute Gasteiger partial charge is 0.0575 e. The van der Waals surface area contributed by atoms with Crippen molar-refractivity contribution in [2.75, 3.05) is 13.2 Å². The highest BCUT2D eigenvalue weighted by Gasteiger charge is 1.87. The van der Waals surface area contributed by atoms with Gasteiger partial charge in [0.25, 0.3) is 0 Å². The molecule has 0 rings (SSSR count). The van der Waals surface area contributed by atoms with Crippen LogP contribution >= 0.6 is 0 Å². The van der Waals surface area contributed by atoms with Crippen LogP contribution in [0.4, 0.5) is 0 Å². The van der Waals surface area contributed by atoms with Gasteiger partial charge in [-0.25, -0.2) is 0 Å². The Kier molecular flexibility index (Phi) is 9.10. The fraction of sp³-hybridized carbons (Fsp3) is 0.800. The summed E-state index contributed by atoms with van der Waals surface area (Å²) in [7, 11) is 0. The van der Waals surface area contributed by atoms with Gasteiger partial charge in [0, 0.05) is 13.0 Å². The standard InChI is InChI=1S/C10H18O/c1-3-5-7-8-10-11-9-6-4-2/h2H,3,5-10H2,1H3. The molecule has 0 aliphatic rings. The second-order valence-electron chi connectivity index (χ2n) is 2.63. The van der Waals surface area contributed by atoms with E-state index in [1.54, 1.807) is 0 Å². The molecule has 0 spiro atoms. The lowest BCUT2D eigenvalue weighted by molar-refractivity contribution is 0.135. The molecule has 0 heterocycles. The molecule has 0 aromatic heterocycles. The molecule has 0 amide bonds. The van der Waals surface area contributed by atoms with Gasteiger partial charge in [-0.05, 0) is 6.42 Å². The van der Waals surface area contributed by atoms with E-state index < -0.39 is 0 Å². The third-order valence-electron chi connectivity index (χ3n) is 1.53. The van der Waals surface area contributed by atoms with Gasteiger partial charge < -0.3 is 4.74 Å². The number of terminal acetylenes is 1. The molecule has 0 bridgehead atoms. The van der Waals surface area contributed by atoms with E-state index in [4.69, 9.17) is 11.2 Å². The monoisotopic (exact) mass is 154 g/mol. The van der Waals surface area contributed by atoms with Crippen molar-refractivity contribution >= 4 is 0 Å². The van der Waals surface area contributed by atoms with Crippen LogP contribution in [0, 0.1) is 12.3 Å². The van der Waals surface area contributed by atoms with Gasteiger partial charge in [-0.1, -0.05) is 26.2 Å². The minimum atomic E-state index is 0.725. The van der Waals surface area contributed by atoms with Crippen molar-refractivity contribution in [3.05, 3.63) is 0 Å². The maximum absolute atomic E-state index is 5.28. The maximum atomic E-state index is 5.28. The summed E-state index contributed by atoms with van der Waals surface area (Å²) >= 11 is 0. The zero-order valence-corrected chi connectivity index (χ0v) is 7.44.